The van der Waals surface area contributed by atoms with Crippen LogP contribution in [0.2, 0.25) is 0 Å². The molecule has 1 atom stereocenters. The van der Waals surface area contributed by atoms with E-state index >= 15 is 0 Å². The Balaban J connectivity index is 1.56. The number of nitrogens with one attached hydrogen (secondary N) is 2. The second-order valence-electron chi connectivity index (χ2n) is 7.03. The molecule has 3 rings (SSSR count). The summed E-state index contributed by atoms with van der Waals surface area (Å²) in [4.78, 5) is 37.4. The number of rotatable bonds is 6. The molecule has 9 heteroatoms. The van der Waals surface area contributed by atoms with Crippen molar-refractivity contribution < 1.29 is 27.6 Å². The van der Waals surface area contributed by atoms with Crippen molar-refractivity contribution in [2.45, 2.75) is 25.7 Å². The molecular formula is C21H20F3N3O3. The number of likely N-dealkylation sites (tertiary alicyclic amines) is 1. The van der Waals surface area contributed by atoms with Gasteiger partial charge in [-0.1, -0.05) is 42.5 Å². The molecule has 30 heavy (non-hydrogen) atoms. The first-order chi connectivity index (χ1) is 14.2. The average molecular weight is 419 g/mol. The highest BCUT2D eigenvalue weighted by atomic mass is 19.4. The summed E-state index contributed by atoms with van der Waals surface area (Å²) >= 11 is 0. The Kier molecular flexibility index (Phi) is 6.39. The second kappa shape index (κ2) is 8.98. The standard InChI is InChI=1S/C21H20F3N3O3/c22-21(23,24)20(30)25-11-15-7-4-8-17(9-15)26-19(29)16-10-18(28)27(13-16)12-14-5-2-1-3-6-14/h1-9,16H,10-13H2,(H,25,30)(H,26,29). The third-order valence-corrected chi connectivity index (χ3v) is 4.71. The number of halogens is 3. The summed E-state index contributed by atoms with van der Waals surface area (Å²) in [6, 6.07) is 15.6. The van der Waals surface area contributed by atoms with Crippen LogP contribution in [0.1, 0.15) is 17.5 Å². The third-order valence-electron chi connectivity index (χ3n) is 4.71. The van der Waals surface area contributed by atoms with Crippen molar-refractivity contribution in [3.8, 4) is 0 Å². The fourth-order valence-electron chi connectivity index (χ4n) is 3.19. The molecule has 1 aliphatic heterocycles. The number of amides is 3. The maximum absolute atomic E-state index is 12.6. The van der Waals surface area contributed by atoms with E-state index in [1.54, 1.807) is 22.3 Å². The Hall–Kier alpha value is -3.36. The predicted molar refractivity (Wildman–Crippen MR) is 103 cm³/mol. The number of hydrogen-bond acceptors (Lipinski definition) is 3. The fraction of sp³-hybridized carbons (Fsp3) is 0.286. The van der Waals surface area contributed by atoms with E-state index < -0.39 is 18.0 Å². The molecule has 0 spiro atoms. The normalized spacial score (nSPS) is 16.4. The predicted octanol–water partition coefficient (Wildman–Crippen LogP) is 2.85. The number of hydrogen-bond donors (Lipinski definition) is 2. The molecule has 6 nitrogen and oxygen atoms in total. The largest absolute Gasteiger partial charge is 0.471 e. The van der Waals surface area contributed by atoms with Gasteiger partial charge < -0.3 is 15.5 Å². The van der Waals surface area contributed by atoms with Crippen LogP contribution in [-0.4, -0.2) is 35.3 Å². The molecular weight excluding hydrogens is 399 g/mol. The van der Waals surface area contributed by atoms with Gasteiger partial charge in [-0.15, -0.1) is 0 Å². The van der Waals surface area contributed by atoms with Gasteiger partial charge in [-0.2, -0.15) is 13.2 Å². The molecule has 158 valence electrons. The summed E-state index contributed by atoms with van der Waals surface area (Å²) in [5, 5.41) is 4.48. The minimum absolute atomic E-state index is 0.0972. The second-order valence-corrected chi connectivity index (χ2v) is 7.03. The van der Waals surface area contributed by atoms with Crippen LogP contribution in [0.25, 0.3) is 0 Å². The summed E-state index contributed by atoms with van der Waals surface area (Å²) in [6.07, 6.45) is -4.85. The highest BCUT2D eigenvalue weighted by molar-refractivity contribution is 5.97. The lowest BCUT2D eigenvalue weighted by atomic mass is 10.1. The smallest absolute Gasteiger partial charge is 0.344 e. The van der Waals surface area contributed by atoms with Crippen LogP contribution in [0.5, 0.6) is 0 Å². The first-order valence-electron chi connectivity index (χ1n) is 9.29. The van der Waals surface area contributed by atoms with Crippen molar-refractivity contribution in [3.05, 3.63) is 65.7 Å². The summed E-state index contributed by atoms with van der Waals surface area (Å²) in [5.74, 6) is -2.99. The first-order valence-corrected chi connectivity index (χ1v) is 9.29. The minimum Gasteiger partial charge on any atom is -0.344 e. The highest BCUT2D eigenvalue weighted by Gasteiger charge is 2.38. The molecule has 0 aromatic heterocycles. The van der Waals surface area contributed by atoms with E-state index in [2.05, 4.69) is 5.32 Å². The number of alkyl halides is 3. The third kappa shape index (κ3) is 5.59. The van der Waals surface area contributed by atoms with Crippen molar-refractivity contribution in [2.75, 3.05) is 11.9 Å². The SMILES string of the molecule is O=C(Nc1cccc(CNC(=O)C(F)(F)F)c1)C1CC(=O)N(Cc2ccccc2)C1. The monoisotopic (exact) mass is 419 g/mol. The molecule has 1 aliphatic rings. The quantitative estimate of drug-likeness (QED) is 0.756. The molecule has 1 fully saturated rings. The molecule has 2 aromatic rings. The molecule has 0 bridgehead atoms. The minimum atomic E-state index is -4.95. The lowest BCUT2D eigenvalue weighted by molar-refractivity contribution is -0.173. The molecule has 0 aliphatic carbocycles. The zero-order valence-electron chi connectivity index (χ0n) is 15.9. The lowest BCUT2D eigenvalue weighted by Crippen LogP contribution is -2.36. The number of benzene rings is 2. The van der Waals surface area contributed by atoms with Gasteiger partial charge in [-0.05, 0) is 23.3 Å². The van der Waals surface area contributed by atoms with Crippen molar-refractivity contribution in [2.24, 2.45) is 5.92 Å². The van der Waals surface area contributed by atoms with E-state index in [1.165, 1.54) is 12.1 Å². The van der Waals surface area contributed by atoms with Crippen LogP contribution in [0.3, 0.4) is 0 Å². The van der Waals surface area contributed by atoms with Crippen LogP contribution in [0.15, 0.2) is 54.6 Å². The number of anilines is 1. The van der Waals surface area contributed by atoms with Gasteiger partial charge in [-0.3, -0.25) is 14.4 Å². The van der Waals surface area contributed by atoms with Crippen LogP contribution in [0, 0.1) is 5.92 Å². The Bertz CT molecular complexity index is 932. The van der Waals surface area contributed by atoms with E-state index in [0.29, 0.717) is 24.3 Å². The summed E-state index contributed by atoms with van der Waals surface area (Å²) in [5.41, 5.74) is 1.76. The maximum Gasteiger partial charge on any atom is 0.471 e. The van der Waals surface area contributed by atoms with Crippen molar-refractivity contribution >= 4 is 23.4 Å². The molecule has 0 radical (unpaired) electrons. The number of nitrogens with zero attached hydrogens (tertiary/aromatic N) is 1. The number of carbonyl (C=O) groups excluding carboxylic acids is 3. The van der Waals surface area contributed by atoms with Crippen LogP contribution in [0.4, 0.5) is 18.9 Å². The van der Waals surface area contributed by atoms with Gasteiger partial charge in [0.25, 0.3) is 0 Å². The molecule has 1 heterocycles. The van der Waals surface area contributed by atoms with Crippen LogP contribution < -0.4 is 10.6 Å². The fourth-order valence-corrected chi connectivity index (χ4v) is 3.19. The topological polar surface area (TPSA) is 78.5 Å². The average Bonchev–Trinajstić information content (AvgIpc) is 3.07. The van der Waals surface area contributed by atoms with E-state index in [1.807, 2.05) is 30.3 Å². The van der Waals surface area contributed by atoms with Crippen molar-refractivity contribution in [1.82, 2.24) is 10.2 Å². The molecule has 2 N–H and O–H groups in total. The molecule has 1 saturated heterocycles. The summed E-state index contributed by atoms with van der Waals surface area (Å²) < 4.78 is 36.8. The molecule has 0 saturated carbocycles. The zero-order valence-corrected chi connectivity index (χ0v) is 15.9. The van der Waals surface area contributed by atoms with Gasteiger partial charge in [0.05, 0.1) is 5.92 Å². The van der Waals surface area contributed by atoms with Gasteiger partial charge in [0, 0.05) is 31.7 Å². The Morgan fingerprint density at radius 2 is 1.73 bits per heavy atom. The van der Waals surface area contributed by atoms with Crippen molar-refractivity contribution in [1.29, 1.82) is 0 Å². The van der Waals surface area contributed by atoms with Crippen LogP contribution in [-0.2, 0) is 27.5 Å². The van der Waals surface area contributed by atoms with Crippen molar-refractivity contribution in [3.63, 3.8) is 0 Å². The first kappa shape index (κ1) is 21.4. The number of carbonyl (C=O) groups is 3. The van der Waals surface area contributed by atoms with E-state index in [-0.39, 0.29) is 24.8 Å². The zero-order chi connectivity index (χ0) is 21.7. The Morgan fingerprint density at radius 1 is 1.03 bits per heavy atom. The lowest BCUT2D eigenvalue weighted by Gasteiger charge is -2.17. The molecule has 1 unspecified atom stereocenters. The molecule has 3 amide bonds. The maximum atomic E-state index is 12.6. The van der Waals surface area contributed by atoms with Gasteiger partial charge in [0.2, 0.25) is 11.8 Å². The van der Waals surface area contributed by atoms with E-state index in [0.717, 1.165) is 5.56 Å². The Labute approximate surface area is 171 Å². The summed E-state index contributed by atoms with van der Waals surface area (Å²) in [6.45, 7) is 0.396. The van der Waals surface area contributed by atoms with Gasteiger partial charge in [0.1, 0.15) is 0 Å². The van der Waals surface area contributed by atoms with Gasteiger partial charge in [-0.25, -0.2) is 0 Å². The summed E-state index contributed by atoms with van der Waals surface area (Å²) in [7, 11) is 0. The van der Waals surface area contributed by atoms with Gasteiger partial charge in [0.15, 0.2) is 0 Å². The van der Waals surface area contributed by atoms with E-state index in [4.69, 9.17) is 0 Å². The molecule has 2 aromatic carbocycles. The Morgan fingerprint density at radius 3 is 2.43 bits per heavy atom. The van der Waals surface area contributed by atoms with Gasteiger partial charge >= 0.3 is 12.1 Å². The van der Waals surface area contributed by atoms with Crippen LogP contribution >= 0.6 is 0 Å². The van der Waals surface area contributed by atoms with E-state index in [9.17, 15) is 27.6 Å². The highest BCUT2D eigenvalue weighted by Crippen LogP contribution is 2.22.